The van der Waals surface area contributed by atoms with E-state index in [1.165, 1.54) is 17.0 Å². The highest BCUT2D eigenvalue weighted by atomic mass is 32.2. The van der Waals surface area contributed by atoms with Gasteiger partial charge in [0.1, 0.15) is 12.6 Å². The Hall–Kier alpha value is -3.65. The van der Waals surface area contributed by atoms with Gasteiger partial charge in [-0.1, -0.05) is 61.5 Å². The van der Waals surface area contributed by atoms with E-state index in [0.717, 1.165) is 27.4 Å². The average Bonchev–Trinajstić information content (AvgIpc) is 2.89. The molecule has 0 saturated heterocycles. The van der Waals surface area contributed by atoms with Gasteiger partial charge in [0.2, 0.25) is 11.8 Å². The van der Waals surface area contributed by atoms with Crippen LogP contribution in [0.5, 0.6) is 0 Å². The van der Waals surface area contributed by atoms with Gasteiger partial charge in [-0.05, 0) is 68.1 Å². The summed E-state index contributed by atoms with van der Waals surface area (Å²) in [5, 5.41) is 2.85. The maximum absolute atomic E-state index is 13.9. The van der Waals surface area contributed by atoms with Gasteiger partial charge >= 0.3 is 0 Å². The number of carbonyl (C=O) groups excluding carboxylic acids is 2. The van der Waals surface area contributed by atoms with Crippen molar-refractivity contribution in [1.29, 1.82) is 0 Å². The molecule has 8 heteroatoms. The molecule has 0 aliphatic rings. The Labute approximate surface area is 220 Å². The second kappa shape index (κ2) is 12.5. The van der Waals surface area contributed by atoms with Crippen LogP contribution in [-0.2, 0) is 26.2 Å². The monoisotopic (exact) mass is 521 g/mol. The van der Waals surface area contributed by atoms with Crippen LogP contribution in [0.15, 0.2) is 83.8 Å². The molecule has 0 aliphatic carbocycles. The number of hydrogen-bond donors (Lipinski definition) is 1. The fraction of sp³-hybridized carbons (Fsp3) is 0.310. The van der Waals surface area contributed by atoms with Gasteiger partial charge < -0.3 is 10.2 Å². The molecule has 0 bridgehead atoms. The van der Waals surface area contributed by atoms with Crippen molar-refractivity contribution in [2.24, 2.45) is 0 Å². The molecular weight excluding hydrogens is 486 g/mol. The fourth-order valence-electron chi connectivity index (χ4n) is 3.98. The zero-order chi connectivity index (χ0) is 27.0. The van der Waals surface area contributed by atoms with E-state index in [0.29, 0.717) is 12.2 Å². The Morgan fingerprint density at radius 2 is 1.59 bits per heavy atom. The van der Waals surface area contributed by atoms with Crippen LogP contribution in [0.2, 0.25) is 0 Å². The minimum atomic E-state index is -4.06. The third kappa shape index (κ3) is 6.98. The molecular formula is C29H35N3O4S. The number of anilines is 1. The number of nitrogens with one attached hydrogen (secondary N) is 1. The van der Waals surface area contributed by atoms with Crippen LogP contribution in [0.3, 0.4) is 0 Å². The van der Waals surface area contributed by atoms with Crippen molar-refractivity contribution in [2.45, 2.75) is 51.6 Å². The smallest absolute Gasteiger partial charge is 0.264 e. The van der Waals surface area contributed by atoms with E-state index in [1.54, 1.807) is 43.3 Å². The normalized spacial score (nSPS) is 12.0. The largest absolute Gasteiger partial charge is 0.354 e. The summed E-state index contributed by atoms with van der Waals surface area (Å²) in [5.74, 6) is -0.750. The van der Waals surface area contributed by atoms with Crippen LogP contribution in [0.1, 0.15) is 37.0 Å². The highest BCUT2D eigenvalue weighted by Gasteiger charge is 2.32. The van der Waals surface area contributed by atoms with Crippen LogP contribution >= 0.6 is 0 Å². The van der Waals surface area contributed by atoms with E-state index in [1.807, 2.05) is 51.1 Å². The minimum Gasteiger partial charge on any atom is -0.354 e. The molecule has 3 aromatic carbocycles. The van der Waals surface area contributed by atoms with E-state index in [2.05, 4.69) is 5.32 Å². The second-order valence-corrected chi connectivity index (χ2v) is 10.9. The van der Waals surface area contributed by atoms with Crippen molar-refractivity contribution in [3.05, 3.63) is 95.6 Å². The number of nitrogens with zero attached hydrogens (tertiary/aromatic N) is 2. The number of hydrogen-bond acceptors (Lipinski definition) is 4. The first-order chi connectivity index (χ1) is 17.6. The molecule has 1 N–H and O–H groups in total. The molecule has 196 valence electrons. The highest BCUT2D eigenvalue weighted by molar-refractivity contribution is 7.92. The Morgan fingerprint density at radius 1 is 0.919 bits per heavy atom. The molecule has 37 heavy (non-hydrogen) atoms. The van der Waals surface area contributed by atoms with Gasteiger partial charge in [0.25, 0.3) is 10.0 Å². The predicted molar refractivity (Wildman–Crippen MR) is 147 cm³/mol. The Bertz CT molecular complexity index is 1330. The van der Waals surface area contributed by atoms with Gasteiger partial charge in [-0.25, -0.2) is 8.42 Å². The van der Waals surface area contributed by atoms with Gasteiger partial charge in [-0.3, -0.25) is 13.9 Å². The lowest BCUT2D eigenvalue weighted by Gasteiger charge is -2.32. The number of rotatable bonds is 11. The molecule has 0 heterocycles. The number of amides is 2. The lowest BCUT2D eigenvalue weighted by Crippen LogP contribution is -2.51. The predicted octanol–water partition coefficient (Wildman–Crippen LogP) is 4.44. The zero-order valence-electron chi connectivity index (χ0n) is 21.8. The first kappa shape index (κ1) is 27.9. The fourth-order valence-corrected chi connectivity index (χ4v) is 5.41. The molecule has 1 atom stereocenters. The Kier molecular flexibility index (Phi) is 9.47. The maximum Gasteiger partial charge on any atom is 0.264 e. The summed E-state index contributed by atoms with van der Waals surface area (Å²) in [7, 11) is -4.06. The summed E-state index contributed by atoms with van der Waals surface area (Å²) >= 11 is 0. The van der Waals surface area contributed by atoms with Crippen LogP contribution in [0.4, 0.5) is 5.69 Å². The average molecular weight is 522 g/mol. The topological polar surface area (TPSA) is 86.8 Å². The summed E-state index contributed by atoms with van der Waals surface area (Å²) < 4.78 is 28.6. The number of sulfonamides is 1. The molecule has 0 aliphatic heterocycles. The minimum absolute atomic E-state index is 0.0866. The van der Waals surface area contributed by atoms with Gasteiger partial charge in [0.05, 0.1) is 10.6 Å². The van der Waals surface area contributed by atoms with E-state index >= 15 is 0 Å². The molecule has 0 fully saturated rings. The quantitative estimate of drug-likeness (QED) is 0.404. The SMILES string of the molecule is CCCNC(=O)C(C)N(Cc1ccccc1C)C(=O)CN(c1cccc(C)c1)S(=O)(=O)c1ccccc1. The van der Waals surface area contributed by atoms with Crippen molar-refractivity contribution in [2.75, 3.05) is 17.4 Å². The third-order valence-electron chi connectivity index (χ3n) is 6.22. The molecule has 0 radical (unpaired) electrons. The van der Waals surface area contributed by atoms with Crippen molar-refractivity contribution < 1.29 is 18.0 Å². The third-order valence-corrected chi connectivity index (χ3v) is 8.01. The molecule has 0 aromatic heterocycles. The molecule has 3 aromatic rings. The van der Waals surface area contributed by atoms with E-state index < -0.39 is 28.5 Å². The van der Waals surface area contributed by atoms with Crippen molar-refractivity contribution in [3.8, 4) is 0 Å². The standard InChI is InChI=1S/C29H35N3O4S/c1-5-18-30-29(34)24(4)31(20-25-14-10-9-13-23(25)3)28(33)21-32(26-15-11-12-22(2)19-26)37(35,36)27-16-7-6-8-17-27/h6-17,19,24H,5,18,20-21H2,1-4H3,(H,30,34). The number of aryl methyl sites for hydroxylation is 2. The van der Waals surface area contributed by atoms with Crippen molar-refractivity contribution in [3.63, 3.8) is 0 Å². The number of benzene rings is 3. The summed E-state index contributed by atoms with van der Waals surface area (Å²) in [5.41, 5.74) is 3.12. The van der Waals surface area contributed by atoms with Crippen LogP contribution in [0.25, 0.3) is 0 Å². The molecule has 3 rings (SSSR count). The second-order valence-electron chi connectivity index (χ2n) is 9.08. The zero-order valence-corrected chi connectivity index (χ0v) is 22.7. The Balaban J connectivity index is 2.02. The molecule has 0 saturated carbocycles. The molecule has 0 spiro atoms. The van der Waals surface area contributed by atoms with Crippen LogP contribution < -0.4 is 9.62 Å². The molecule has 7 nitrogen and oxygen atoms in total. The van der Waals surface area contributed by atoms with Crippen LogP contribution in [0, 0.1) is 13.8 Å². The van der Waals surface area contributed by atoms with Crippen molar-refractivity contribution >= 4 is 27.5 Å². The highest BCUT2D eigenvalue weighted by Crippen LogP contribution is 2.25. The maximum atomic E-state index is 13.9. The van der Waals surface area contributed by atoms with Crippen molar-refractivity contribution in [1.82, 2.24) is 10.2 Å². The lowest BCUT2D eigenvalue weighted by atomic mass is 10.1. The summed E-state index contributed by atoms with van der Waals surface area (Å²) in [6.45, 7) is 7.66. The van der Waals surface area contributed by atoms with Crippen LogP contribution in [-0.4, -0.2) is 44.3 Å². The lowest BCUT2D eigenvalue weighted by molar-refractivity contribution is -0.139. The summed E-state index contributed by atoms with van der Waals surface area (Å²) in [6, 6.07) is 21.9. The van der Waals surface area contributed by atoms with Gasteiger partial charge in [0.15, 0.2) is 0 Å². The number of carbonyl (C=O) groups is 2. The van der Waals surface area contributed by atoms with Gasteiger partial charge in [0, 0.05) is 13.1 Å². The van der Waals surface area contributed by atoms with E-state index in [9.17, 15) is 18.0 Å². The first-order valence-electron chi connectivity index (χ1n) is 12.4. The summed E-state index contributed by atoms with van der Waals surface area (Å²) in [4.78, 5) is 28.3. The molecule has 1 unspecified atom stereocenters. The summed E-state index contributed by atoms with van der Waals surface area (Å²) in [6.07, 6.45) is 0.765. The Morgan fingerprint density at radius 3 is 2.24 bits per heavy atom. The van der Waals surface area contributed by atoms with E-state index in [4.69, 9.17) is 0 Å². The molecule has 2 amide bonds. The van der Waals surface area contributed by atoms with E-state index in [-0.39, 0.29) is 17.3 Å². The van der Waals surface area contributed by atoms with Gasteiger partial charge in [-0.15, -0.1) is 0 Å². The van der Waals surface area contributed by atoms with Gasteiger partial charge in [-0.2, -0.15) is 0 Å². The first-order valence-corrected chi connectivity index (χ1v) is 13.8.